The van der Waals surface area contributed by atoms with Crippen LogP contribution in [-0.2, 0) is 0 Å². The van der Waals surface area contributed by atoms with Crippen LogP contribution in [0.25, 0.3) is 0 Å². The zero-order chi connectivity index (χ0) is 10.4. The molecule has 1 unspecified atom stereocenters. The van der Waals surface area contributed by atoms with Gasteiger partial charge in [0.05, 0.1) is 6.07 Å². The zero-order valence-corrected chi connectivity index (χ0v) is 9.99. The van der Waals surface area contributed by atoms with Crippen LogP contribution in [-0.4, -0.2) is 24.1 Å². The average Bonchev–Trinajstić information content (AvgIpc) is 2.70. The normalized spacial score (nSPS) is 21.8. The molecule has 0 amide bonds. The summed E-state index contributed by atoms with van der Waals surface area (Å²) in [6, 6.07) is 2.32. The molecule has 2 nitrogen and oxygen atoms in total. The van der Waals surface area contributed by atoms with Gasteiger partial charge in [0, 0.05) is 5.75 Å². The number of nitrogens with one attached hydrogen (secondary N) is 1. The lowest BCUT2D eigenvalue weighted by Crippen LogP contribution is -2.40. The van der Waals surface area contributed by atoms with Gasteiger partial charge in [-0.2, -0.15) is 17.0 Å². The van der Waals surface area contributed by atoms with Gasteiger partial charge in [0.25, 0.3) is 0 Å². The predicted octanol–water partition coefficient (Wildman–Crippen LogP) is 2.41. The second kappa shape index (κ2) is 5.63. The molecule has 0 aromatic heterocycles. The summed E-state index contributed by atoms with van der Waals surface area (Å²) in [5, 5.41) is 12.0. The van der Waals surface area contributed by atoms with Crippen LogP contribution in [0.3, 0.4) is 0 Å². The van der Waals surface area contributed by atoms with E-state index in [4.69, 9.17) is 5.26 Å². The molecule has 0 spiro atoms. The highest BCUT2D eigenvalue weighted by Gasteiger charge is 2.22. The first-order chi connectivity index (χ1) is 6.70. The molecule has 1 fully saturated rings. The fraction of sp³-hybridized carbons (Fsp3) is 0.909. The van der Waals surface area contributed by atoms with Gasteiger partial charge in [-0.1, -0.05) is 12.8 Å². The van der Waals surface area contributed by atoms with Crippen LogP contribution in [0.15, 0.2) is 0 Å². The van der Waals surface area contributed by atoms with E-state index < -0.39 is 0 Å². The molecule has 1 aliphatic rings. The predicted molar refractivity (Wildman–Crippen MR) is 62.4 cm³/mol. The summed E-state index contributed by atoms with van der Waals surface area (Å²) in [4.78, 5) is 0. The molecular weight excluding hydrogens is 192 g/mol. The lowest BCUT2D eigenvalue weighted by atomic mass is 10.1. The molecule has 1 atom stereocenters. The van der Waals surface area contributed by atoms with E-state index in [2.05, 4.69) is 11.4 Å². The van der Waals surface area contributed by atoms with Crippen molar-refractivity contribution in [2.45, 2.75) is 38.1 Å². The second-order valence-electron chi connectivity index (χ2n) is 4.36. The second-order valence-corrected chi connectivity index (χ2v) is 5.39. The third-order valence-corrected chi connectivity index (χ3v) is 4.51. The Labute approximate surface area is 91.4 Å². The largest absolute Gasteiger partial charge is 0.302 e. The Morgan fingerprint density at radius 2 is 2.14 bits per heavy atom. The van der Waals surface area contributed by atoms with E-state index in [1.54, 1.807) is 0 Å². The summed E-state index contributed by atoms with van der Waals surface area (Å²) in [6.45, 7) is 1.97. The molecule has 80 valence electrons. The maximum absolute atomic E-state index is 8.95. The van der Waals surface area contributed by atoms with Crippen molar-refractivity contribution >= 4 is 11.8 Å². The fourth-order valence-corrected chi connectivity index (χ4v) is 3.17. The molecule has 0 aromatic carbocycles. The van der Waals surface area contributed by atoms with E-state index in [1.807, 2.05) is 25.7 Å². The minimum Gasteiger partial charge on any atom is -0.302 e. The van der Waals surface area contributed by atoms with Crippen LogP contribution in [0.1, 0.15) is 32.6 Å². The molecule has 3 heteroatoms. The van der Waals surface area contributed by atoms with E-state index >= 15 is 0 Å². The molecule has 0 aromatic rings. The zero-order valence-electron chi connectivity index (χ0n) is 9.18. The summed E-state index contributed by atoms with van der Waals surface area (Å²) in [6.07, 6.45) is 5.62. The summed E-state index contributed by atoms with van der Waals surface area (Å²) in [5.41, 5.74) is -0.344. The first kappa shape index (κ1) is 11.9. The molecule has 1 N–H and O–H groups in total. The molecule has 1 aliphatic carbocycles. The van der Waals surface area contributed by atoms with Gasteiger partial charge in [-0.25, -0.2) is 0 Å². The molecule has 0 radical (unpaired) electrons. The van der Waals surface area contributed by atoms with Crippen molar-refractivity contribution in [3.05, 3.63) is 0 Å². The van der Waals surface area contributed by atoms with Gasteiger partial charge in [0.1, 0.15) is 5.54 Å². The van der Waals surface area contributed by atoms with Gasteiger partial charge >= 0.3 is 0 Å². The molecular formula is C11H20N2S. The quantitative estimate of drug-likeness (QED) is 0.760. The minimum absolute atomic E-state index is 0.344. The Bertz CT molecular complexity index is 206. The molecule has 0 aliphatic heterocycles. The van der Waals surface area contributed by atoms with Crippen LogP contribution >= 0.6 is 11.8 Å². The topological polar surface area (TPSA) is 35.8 Å². The smallest absolute Gasteiger partial charge is 0.112 e. The van der Waals surface area contributed by atoms with E-state index in [0.29, 0.717) is 0 Å². The van der Waals surface area contributed by atoms with Crippen LogP contribution < -0.4 is 5.32 Å². The molecule has 1 rings (SSSR count). The highest BCUT2D eigenvalue weighted by molar-refractivity contribution is 7.99. The summed E-state index contributed by atoms with van der Waals surface area (Å²) >= 11 is 1.92. The number of rotatable bonds is 5. The Morgan fingerprint density at radius 1 is 1.50 bits per heavy atom. The number of thioether (sulfide) groups is 1. The molecule has 0 heterocycles. The van der Waals surface area contributed by atoms with Gasteiger partial charge in [-0.15, -0.1) is 0 Å². The standard InChI is InChI=1S/C11H20N2S/c1-11(8-12,13-2)9-14-7-10-5-3-4-6-10/h10,13H,3-7,9H2,1-2H3. The third-order valence-electron chi connectivity index (χ3n) is 3.02. The third kappa shape index (κ3) is 3.51. The Morgan fingerprint density at radius 3 is 2.64 bits per heavy atom. The number of hydrogen-bond acceptors (Lipinski definition) is 3. The number of nitrogens with zero attached hydrogens (tertiary/aromatic N) is 1. The highest BCUT2D eigenvalue weighted by atomic mass is 32.2. The Balaban J connectivity index is 2.16. The van der Waals surface area contributed by atoms with Crippen LogP contribution in [0.5, 0.6) is 0 Å². The van der Waals surface area contributed by atoms with Crippen molar-refractivity contribution in [3.63, 3.8) is 0 Å². The lowest BCUT2D eigenvalue weighted by molar-refractivity contribution is 0.548. The van der Waals surface area contributed by atoms with Crippen molar-refractivity contribution in [1.82, 2.24) is 5.32 Å². The molecule has 14 heavy (non-hydrogen) atoms. The minimum atomic E-state index is -0.344. The van der Waals surface area contributed by atoms with Crippen molar-refractivity contribution in [1.29, 1.82) is 5.26 Å². The van der Waals surface area contributed by atoms with Gasteiger partial charge in [-0.3, -0.25) is 0 Å². The fourth-order valence-electron chi connectivity index (χ4n) is 1.77. The lowest BCUT2D eigenvalue weighted by Gasteiger charge is -2.20. The first-order valence-corrected chi connectivity index (χ1v) is 6.53. The Hall–Kier alpha value is -0.200. The van der Waals surface area contributed by atoms with E-state index in [9.17, 15) is 0 Å². The molecule has 1 saturated carbocycles. The van der Waals surface area contributed by atoms with Crippen LogP contribution in [0.2, 0.25) is 0 Å². The van der Waals surface area contributed by atoms with E-state index in [0.717, 1.165) is 11.7 Å². The van der Waals surface area contributed by atoms with Crippen molar-refractivity contribution in [2.24, 2.45) is 5.92 Å². The Kier molecular flexibility index (Phi) is 4.77. The maximum atomic E-state index is 8.95. The molecule has 0 saturated heterocycles. The van der Waals surface area contributed by atoms with Crippen molar-refractivity contribution < 1.29 is 0 Å². The first-order valence-electron chi connectivity index (χ1n) is 5.38. The maximum Gasteiger partial charge on any atom is 0.112 e. The van der Waals surface area contributed by atoms with Gasteiger partial charge in [0.15, 0.2) is 0 Å². The summed E-state index contributed by atoms with van der Waals surface area (Å²) in [5.74, 6) is 3.05. The highest BCUT2D eigenvalue weighted by Crippen LogP contribution is 2.28. The number of nitriles is 1. The van der Waals surface area contributed by atoms with E-state index in [-0.39, 0.29) is 5.54 Å². The SMILES string of the molecule is CNC(C)(C#N)CSCC1CCCC1. The molecule has 0 bridgehead atoms. The summed E-state index contributed by atoms with van der Waals surface area (Å²) < 4.78 is 0. The van der Waals surface area contributed by atoms with Crippen LogP contribution in [0, 0.1) is 17.2 Å². The van der Waals surface area contributed by atoms with Gasteiger partial charge in [0.2, 0.25) is 0 Å². The van der Waals surface area contributed by atoms with Gasteiger partial charge < -0.3 is 5.32 Å². The van der Waals surface area contributed by atoms with Gasteiger partial charge in [-0.05, 0) is 38.5 Å². The summed E-state index contributed by atoms with van der Waals surface area (Å²) in [7, 11) is 1.86. The van der Waals surface area contributed by atoms with Crippen molar-refractivity contribution in [3.8, 4) is 6.07 Å². The number of hydrogen-bond donors (Lipinski definition) is 1. The van der Waals surface area contributed by atoms with E-state index in [1.165, 1.54) is 31.4 Å². The average molecular weight is 212 g/mol. The monoisotopic (exact) mass is 212 g/mol. The van der Waals surface area contributed by atoms with Crippen molar-refractivity contribution in [2.75, 3.05) is 18.6 Å². The van der Waals surface area contributed by atoms with Crippen LogP contribution in [0.4, 0.5) is 0 Å².